The molecular formula is C9H19N3O6Se3. The van der Waals surface area contributed by atoms with Crippen molar-refractivity contribution in [1.82, 2.24) is 0 Å². The second-order valence-electron chi connectivity index (χ2n) is 3.59. The Balaban J connectivity index is 0. The number of aliphatic carboxylic acids is 3. The van der Waals surface area contributed by atoms with Crippen molar-refractivity contribution >= 4 is 60.2 Å². The SMILES string of the molecule is NC(C[Se][Se]C[C@H](N)C(=O)O)C(=O)O.N[C@@H](C[SeH])C(=O)O. The Kier molecular flexibility index (Phi) is 14.9. The molecule has 9 N–H and O–H groups in total. The maximum absolute atomic E-state index is 10.3. The van der Waals surface area contributed by atoms with Crippen molar-refractivity contribution in [1.29, 1.82) is 0 Å². The number of carbonyl (C=O) groups is 3. The Morgan fingerprint density at radius 2 is 1.10 bits per heavy atom. The molecule has 0 aliphatic carbocycles. The molecule has 0 saturated carbocycles. The standard InChI is InChI=1S/C6H12N2O4Se2.C3H7NO2Se/c7-3(5(9)10)1-13-14-2-4(8)6(11)12;4-2(1-7)3(5)6/h3-4H,1-2,7-8H2,(H,9,10)(H,11,12);2,7H,1,4H2,(H,5,6)/t3-,4?;2-/m00/s1. The quantitative estimate of drug-likeness (QED) is 0.139. The van der Waals surface area contributed by atoms with E-state index in [2.05, 4.69) is 16.0 Å². The zero-order chi connectivity index (χ0) is 17.0. The van der Waals surface area contributed by atoms with Crippen LogP contribution in [-0.2, 0) is 14.4 Å². The van der Waals surface area contributed by atoms with Crippen LogP contribution in [0.15, 0.2) is 0 Å². The van der Waals surface area contributed by atoms with Gasteiger partial charge in [-0.25, -0.2) is 0 Å². The second kappa shape index (κ2) is 13.5. The third-order valence-electron chi connectivity index (χ3n) is 1.73. The Morgan fingerprint density at radius 1 is 0.810 bits per heavy atom. The van der Waals surface area contributed by atoms with E-state index in [0.29, 0.717) is 16.0 Å². The van der Waals surface area contributed by atoms with Gasteiger partial charge in [0.15, 0.2) is 0 Å². The summed E-state index contributed by atoms with van der Waals surface area (Å²) in [6, 6.07) is -2.35. The van der Waals surface area contributed by atoms with Gasteiger partial charge in [0.2, 0.25) is 0 Å². The van der Waals surface area contributed by atoms with Gasteiger partial charge in [-0.3, -0.25) is 0 Å². The average molecular weight is 502 g/mol. The third kappa shape index (κ3) is 14.5. The van der Waals surface area contributed by atoms with Crippen molar-refractivity contribution in [2.45, 2.75) is 34.1 Å². The van der Waals surface area contributed by atoms with Crippen LogP contribution < -0.4 is 17.2 Å². The number of nitrogens with two attached hydrogens (primary N) is 3. The van der Waals surface area contributed by atoms with Crippen LogP contribution in [0.5, 0.6) is 0 Å². The monoisotopic (exact) mass is 505 g/mol. The normalized spacial score (nSPS) is 14.3. The van der Waals surface area contributed by atoms with E-state index in [0.717, 1.165) is 0 Å². The molecule has 1 unspecified atom stereocenters. The number of hydrogen-bond acceptors (Lipinski definition) is 6. The Morgan fingerprint density at radius 3 is 1.24 bits per heavy atom. The van der Waals surface area contributed by atoms with Gasteiger partial charge >= 0.3 is 141 Å². The van der Waals surface area contributed by atoms with E-state index < -0.39 is 36.0 Å². The molecule has 0 bridgehead atoms. The predicted molar refractivity (Wildman–Crippen MR) is 79.9 cm³/mol. The minimum absolute atomic E-state index is 0.109. The number of rotatable bonds is 9. The van der Waals surface area contributed by atoms with Crippen LogP contribution in [0.25, 0.3) is 0 Å². The molecule has 0 rings (SSSR count). The zero-order valence-corrected chi connectivity index (χ0v) is 16.2. The van der Waals surface area contributed by atoms with E-state index in [1.807, 2.05) is 0 Å². The van der Waals surface area contributed by atoms with Crippen LogP contribution in [0.3, 0.4) is 0 Å². The summed E-state index contributed by atoms with van der Waals surface area (Å²) in [5.41, 5.74) is 15.5. The third-order valence-corrected chi connectivity index (χ3v) is 9.76. The van der Waals surface area contributed by atoms with E-state index in [4.69, 9.17) is 32.5 Å². The maximum atomic E-state index is 10.3. The fraction of sp³-hybridized carbons (Fsp3) is 0.667. The Hall–Kier alpha value is -0.152. The van der Waals surface area contributed by atoms with E-state index in [1.54, 1.807) is 0 Å². The molecule has 0 saturated heterocycles. The van der Waals surface area contributed by atoms with Crippen molar-refractivity contribution in [3.05, 3.63) is 0 Å². The summed E-state index contributed by atoms with van der Waals surface area (Å²) >= 11 is 2.34. The van der Waals surface area contributed by atoms with Crippen LogP contribution in [-0.4, -0.2) is 93.6 Å². The van der Waals surface area contributed by atoms with Crippen molar-refractivity contribution in [2.75, 3.05) is 0 Å². The number of hydrogen-bond donors (Lipinski definition) is 6. The molecule has 0 radical (unpaired) electrons. The molecule has 0 spiro atoms. The molecule has 0 heterocycles. The molecule has 9 nitrogen and oxygen atoms in total. The Bertz CT molecular complexity index is 325. The molecule has 0 fully saturated rings. The van der Waals surface area contributed by atoms with Crippen molar-refractivity contribution in [3.63, 3.8) is 0 Å². The fourth-order valence-electron chi connectivity index (χ4n) is 0.464. The summed E-state index contributed by atoms with van der Waals surface area (Å²) in [4.78, 5) is 30.4. The first-order valence-electron chi connectivity index (χ1n) is 5.43. The Labute approximate surface area is 141 Å². The molecule has 0 aromatic carbocycles. The summed E-state index contributed by atoms with van der Waals surface area (Å²) < 4.78 is 0. The first kappa shape index (κ1) is 23.1. The van der Waals surface area contributed by atoms with Gasteiger partial charge in [0.05, 0.1) is 0 Å². The predicted octanol–water partition coefficient (Wildman–Crippen LogP) is -3.31. The average Bonchev–Trinajstić information content (AvgIpc) is 2.42. The number of carboxylic acid groups (broad SMARTS) is 3. The van der Waals surface area contributed by atoms with Gasteiger partial charge in [-0.15, -0.1) is 0 Å². The zero-order valence-electron chi connectivity index (χ0n) is 10.9. The summed E-state index contributed by atoms with van der Waals surface area (Å²) in [6.07, 6.45) is 0. The summed E-state index contributed by atoms with van der Waals surface area (Å²) in [5.74, 6) is -2.96. The van der Waals surface area contributed by atoms with Gasteiger partial charge in [0.25, 0.3) is 0 Å². The first-order chi connectivity index (χ1) is 9.63. The molecule has 124 valence electrons. The van der Waals surface area contributed by atoms with Crippen LogP contribution in [0.1, 0.15) is 0 Å². The first-order valence-corrected chi connectivity index (χ1v) is 13.5. The van der Waals surface area contributed by atoms with Crippen LogP contribution in [0, 0.1) is 0 Å². The molecular weight excluding hydrogens is 483 g/mol. The van der Waals surface area contributed by atoms with Crippen molar-refractivity contribution in [2.24, 2.45) is 17.2 Å². The second-order valence-corrected chi connectivity index (χ2v) is 11.9. The summed E-state index contributed by atoms with van der Waals surface area (Å²) in [5, 5.41) is 26.3. The van der Waals surface area contributed by atoms with Gasteiger partial charge in [0, 0.05) is 0 Å². The van der Waals surface area contributed by atoms with Gasteiger partial charge in [-0.1, -0.05) is 0 Å². The van der Waals surface area contributed by atoms with E-state index in [-0.39, 0.29) is 26.3 Å². The molecule has 3 atom stereocenters. The molecule has 0 aliphatic heterocycles. The van der Waals surface area contributed by atoms with Crippen LogP contribution in [0.2, 0.25) is 16.0 Å². The summed E-state index contributed by atoms with van der Waals surface area (Å²) in [7, 11) is 0. The van der Waals surface area contributed by atoms with Gasteiger partial charge in [-0.2, -0.15) is 0 Å². The molecule has 0 aromatic rings. The number of carboxylic acids is 3. The molecule has 0 aromatic heterocycles. The van der Waals surface area contributed by atoms with E-state index in [9.17, 15) is 14.4 Å². The van der Waals surface area contributed by atoms with Gasteiger partial charge in [-0.05, 0) is 0 Å². The van der Waals surface area contributed by atoms with Gasteiger partial charge in [0.1, 0.15) is 0 Å². The summed E-state index contributed by atoms with van der Waals surface area (Å²) in [6.45, 7) is 0. The van der Waals surface area contributed by atoms with Gasteiger partial charge < -0.3 is 0 Å². The molecule has 12 heteroatoms. The van der Waals surface area contributed by atoms with E-state index >= 15 is 0 Å². The van der Waals surface area contributed by atoms with Crippen LogP contribution >= 0.6 is 0 Å². The van der Waals surface area contributed by atoms with Crippen LogP contribution in [0.4, 0.5) is 0 Å². The molecule has 0 amide bonds. The molecule has 21 heavy (non-hydrogen) atoms. The topological polar surface area (TPSA) is 190 Å². The molecule has 0 aliphatic rings. The fourth-order valence-corrected chi connectivity index (χ4v) is 7.70. The minimum atomic E-state index is -1.01. The van der Waals surface area contributed by atoms with Crippen molar-refractivity contribution in [3.8, 4) is 0 Å². The van der Waals surface area contributed by atoms with Crippen molar-refractivity contribution < 1.29 is 29.7 Å². The van der Waals surface area contributed by atoms with E-state index in [1.165, 1.54) is 0 Å².